The zero-order valence-electron chi connectivity index (χ0n) is 27.5. The van der Waals surface area contributed by atoms with Gasteiger partial charge in [-0.1, -0.05) is 0 Å². The van der Waals surface area contributed by atoms with Gasteiger partial charge in [0.1, 0.15) is 28.7 Å². The Morgan fingerprint density at radius 1 is 1.10 bits per heavy atom. The third-order valence-corrected chi connectivity index (χ3v) is 9.75. The van der Waals surface area contributed by atoms with E-state index in [2.05, 4.69) is 25.2 Å². The number of aromatic nitrogens is 3. The van der Waals surface area contributed by atoms with E-state index in [1.807, 2.05) is 13.0 Å². The summed E-state index contributed by atoms with van der Waals surface area (Å²) in [4.78, 5) is 44.9. The smallest absolute Gasteiger partial charge is 0.373 e. The number of rotatable bonds is 9. The van der Waals surface area contributed by atoms with Crippen LogP contribution in [0.1, 0.15) is 91.1 Å². The molecule has 3 fully saturated rings. The summed E-state index contributed by atoms with van der Waals surface area (Å²) in [6.07, 6.45) is -0.681. The molecule has 1 aromatic carbocycles. The zero-order chi connectivity index (χ0) is 34.8. The molecule has 49 heavy (non-hydrogen) atoms. The summed E-state index contributed by atoms with van der Waals surface area (Å²) in [5, 5.41) is 2.86. The molecule has 2 amide bonds. The van der Waals surface area contributed by atoms with E-state index in [4.69, 9.17) is 15.5 Å². The van der Waals surface area contributed by atoms with Crippen molar-refractivity contribution in [1.82, 2.24) is 20.3 Å². The molecular weight excluding hydrogens is 642 g/mol. The van der Waals surface area contributed by atoms with Gasteiger partial charge in [0.05, 0.1) is 24.8 Å². The highest BCUT2D eigenvalue weighted by Crippen LogP contribution is 2.44. The maximum atomic E-state index is 16.1. The number of halogens is 4. The monoisotopic (exact) mass is 679 g/mol. The van der Waals surface area contributed by atoms with Gasteiger partial charge in [-0.25, -0.2) is 19.3 Å². The lowest BCUT2D eigenvalue weighted by molar-refractivity contribution is -0.141. The van der Waals surface area contributed by atoms with Gasteiger partial charge in [0.25, 0.3) is 5.91 Å². The number of amidine groups is 1. The SMILES string of the molecule is Cc1nc(CC(N)=O)nc(C)c1-c1cc(F)c(COC2CC2)c(N2CC[C@]3(C[C@@H]2C)N=C(c2ccc(C(F)(F)F)nc2C2CC2)NC3=O)c1. The first kappa shape index (κ1) is 33.1. The van der Waals surface area contributed by atoms with E-state index in [-0.39, 0.29) is 42.8 Å². The van der Waals surface area contributed by atoms with Gasteiger partial charge in [-0.3, -0.25) is 14.6 Å². The van der Waals surface area contributed by atoms with Crippen LogP contribution in [0.25, 0.3) is 11.1 Å². The molecule has 7 rings (SSSR count). The van der Waals surface area contributed by atoms with Crippen molar-refractivity contribution in [1.29, 1.82) is 0 Å². The number of benzene rings is 1. The molecule has 3 N–H and O–H groups in total. The lowest BCUT2D eigenvalue weighted by Crippen LogP contribution is -2.53. The highest BCUT2D eigenvalue weighted by atomic mass is 19.4. The van der Waals surface area contributed by atoms with Crippen LogP contribution >= 0.6 is 0 Å². The maximum absolute atomic E-state index is 16.1. The lowest BCUT2D eigenvalue weighted by Gasteiger charge is -2.43. The van der Waals surface area contributed by atoms with Gasteiger partial charge in [0.2, 0.25) is 5.91 Å². The number of anilines is 1. The number of primary amides is 1. The number of hydrogen-bond donors (Lipinski definition) is 2. The molecule has 2 aromatic heterocycles. The molecule has 4 aliphatic rings. The van der Waals surface area contributed by atoms with E-state index >= 15 is 4.39 Å². The molecule has 258 valence electrons. The molecule has 0 radical (unpaired) electrons. The summed E-state index contributed by atoms with van der Waals surface area (Å²) in [5.74, 6) is -0.879. The van der Waals surface area contributed by atoms with Crippen molar-refractivity contribution in [2.24, 2.45) is 10.7 Å². The highest BCUT2D eigenvalue weighted by molar-refractivity contribution is 6.16. The predicted molar refractivity (Wildman–Crippen MR) is 172 cm³/mol. The van der Waals surface area contributed by atoms with Gasteiger partial charge < -0.3 is 20.7 Å². The third-order valence-electron chi connectivity index (χ3n) is 9.75. The minimum absolute atomic E-state index is 0.0835. The van der Waals surface area contributed by atoms with Crippen molar-refractivity contribution in [3.8, 4) is 11.1 Å². The minimum Gasteiger partial charge on any atom is -0.373 e. The predicted octanol–water partition coefficient (Wildman–Crippen LogP) is 5.20. The average Bonchev–Trinajstić information content (AvgIpc) is 3.94. The fourth-order valence-corrected chi connectivity index (χ4v) is 7.08. The van der Waals surface area contributed by atoms with Crippen LogP contribution in [0, 0.1) is 19.7 Å². The quantitative estimate of drug-likeness (QED) is 0.297. The Kier molecular flexibility index (Phi) is 8.19. The van der Waals surface area contributed by atoms with Crippen LogP contribution in [-0.2, 0) is 33.5 Å². The number of piperidine rings is 1. The number of pyridine rings is 1. The summed E-state index contributed by atoms with van der Waals surface area (Å²) in [7, 11) is 0. The lowest BCUT2D eigenvalue weighted by atomic mass is 9.83. The first-order valence-corrected chi connectivity index (χ1v) is 16.6. The highest BCUT2D eigenvalue weighted by Gasteiger charge is 2.49. The summed E-state index contributed by atoms with van der Waals surface area (Å²) in [6, 6.07) is 5.36. The number of nitrogens with two attached hydrogens (primary N) is 1. The van der Waals surface area contributed by atoms with Crippen molar-refractivity contribution < 1.29 is 31.9 Å². The number of aliphatic imine (C=N–C) groups is 1. The molecule has 2 saturated carbocycles. The second kappa shape index (κ2) is 12.1. The van der Waals surface area contributed by atoms with Crippen LogP contribution in [0.15, 0.2) is 29.3 Å². The van der Waals surface area contributed by atoms with Crippen molar-refractivity contribution in [3.63, 3.8) is 0 Å². The van der Waals surface area contributed by atoms with Crippen LogP contribution in [0.5, 0.6) is 0 Å². The topological polar surface area (TPSA) is 136 Å². The zero-order valence-corrected chi connectivity index (χ0v) is 27.5. The number of aryl methyl sites for hydroxylation is 2. The molecule has 4 heterocycles. The minimum atomic E-state index is -4.58. The van der Waals surface area contributed by atoms with Gasteiger partial charge >= 0.3 is 6.18 Å². The largest absolute Gasteiger partial charge is 0.433 e. The van der Waals surface area contributed by atoms with E-state index in [9.17, 15) is 22.8 Å². The van der Waals surface area contributed by atoms with Gasteiger partial charge in [-0.15, -0.1) is 0 Å². The maximum Gasteiger partial charge on any atom is 0.433 e. The van der Waals surface area contributed by atoms with E-state index in [0.717, 1.165) is 31.7 Å². The van der Waals surface area contributed by atoms with Crippen molar-refractivity contribution in [2.45, 2.75) is 102 Å². The number of ether oxygens (including phenoxy) is 1. The number of nitrogens with one attached hydrogen (secondary N) is 1. The second-order valence-corrected chi connectivity index (χ2v) is 13.6. The molecule has 2 aliphatic carbocycles. The molecule has 2 aliphatic heterocycles. The van der Waals surface area contributed by atoms with Crippen LogP contribution in [0.2, 0.25) is 0 Å². The van der Waals surface area contributed by atoms with Crippen LogP contribution in [0.3, 0.4) is 0 Å². The normalized spacial score (nSPS) is 22.4. The molecular formula is C35H37F4N7O3. The fourth-order valence-electron chi connectivity index (χ4n) is 7.08. The van der Waals surface area contributed by atoms with Crippen LogP contribution in [-0.4, -0.2) is 56.8 Å². The Balaban J connectivity index is 1.21. The number of carbonyl (C=O) groups excluding carboxylic acids is 2. The number of hydrogen-bond acceptors (Lipinski definition) is 8. The van der Waals surface area contributed by atoms with Crippen LogP contribution in [0.4, 0.5) is 23.2 Å². The van der Waals surface area contributed by atoms with Crippen molar-refractivity contribution in [2.75, 3.05) is 11.4 Å². The molecule has 1 spiro atoms. The van der Waals surface area contributed by atoms with Gasteiger partial charge in [-0.2, -0.15) is 13.2 Å². The Labute approximate surface area is 280 Å². The number of amides is 2. The van der Waals surface area contributed by atoms with E-state index < -0.39 is 29.1 Å². The van der Waals surface area contributed by atoms with Gasteiger partial charge in [0, 0.05) is 58.7 Å². The van der Waals surface area contributed by atoms with E-state index in [0.29, 0.717) is 70.2 Å². The van der Waals surface area contributed by atoms with Crippen molar-refractivity contribution in [3.05, 3.63) is 69.8 Å². The average molecular weight is 680 g/mol. The van der Waals surface area contributed by atoms with Gasteiger partial charge in [0.15, 0.2) is 0 Å². The third kappa shape index (κ3) is 6.50. The standard InChI is InChI=1S/C35H37F4N7O3/c1-17-15-34(33(48)44-32(45-34)23-8-9-27(35(37,38)39)43-31(23)20-4-5-20)10-11-46(17)26-13-21(12-25(36)24(26)16-49-22-6-7-22)30-18(2)41-29(14-28(40)47)42-19(30)3/h8-9,12-13,17,20,22H,4-7,10-11,14-16H2,1-3H3,(H2,40,47)(H,44,45,48)/t17-,34+/m0/s1. The van der Waals surface area contributed by atoms with Gasteiger partial charge in [-0.05, 0) is 82.7 Å². The number of carbonyl (C=O) groups is 2. The molecule has 3 aromatic rings. The Morgan fingerprint density at radius 2 is 1.82 bits per heavy atom. The molecule has 2 atom stereocenters. The second-order valence-electron chi connectivity index (χ2n) is 13.6. The summed E-state index contributed by atoms with van der Waals surface area (Å²) >= 11 is 0. The number of nitrogens with zero attached hydrogens (tertiary/aromatic N) is 5. The molecule has 14 heteroatoms. The summed E-state index contributed by atoms with van der Waals surface area (Å²) < 4.78 is 62.5. The molecule has 1 saturated heterocycles. The van der Waals surface area contributed by atoms with E-state index in [1.165, 1.54) is 12.1 Å². The summed E-state index contributed by atoms with van der Waals surface area (Å²) in [5.41, 5.74) is 7.38. The Bertz CT molecular complexity index is 1870. The van der Waals surface area contributed by atoms with E-state index in [1.54, 1.807) is 13.8 Å². The fraction of sp³-hybridized carbons (Fsp3) is 0.486. The first-order valence-electron chi connectivity index (χ1n) is 16.6. The van der Waals surface area contributed by atoms with Crippen molar-refractivity contribution >= 4 is 23.3 Å². The molecule has 0 bridgehead atoms. The number of alkyl halides is 3. The Morgan fingerprint density at radius 3 is 2.43 bits per heavy atom. The van der Waals surface area contributed by atoms with Crippen LogP contribution < -0.4 is 16.0 Å². The summed E-state index contributed by atoms with van der Waals surface area (Å²) in [6.45, 7) is 5.94. The first-order chi connectivity index (χ1) is 23.2. The molecule has 0 unspecified atom stereocenters. The molecule has 10 nitrogen and oxygen atoms in total. The Hall–Kier alpha value is -4.46.